The molecule has 1 rings (SSSR count). The Morgan fingerprint density at radius 2 is 2.00 bits per heavy atom. The zero-order valence-corrected chi connectivity index (χ0v) is 14.5. The molecule has 0 atom stereocenters. The largest absolute Gasteiger partial charge is 0.453 e. The third kappa shape index (κ3) is 4.62. The van der Waals surface area contributed by atoms with E-state index in [-0.39, 0.29) is 19.0 Å². The number of para-hydroxylation sites is 1. The minimum atomic E-state index is -3.46. The summed E-state index contributed by atoms with van der Waals surface area (Å²) in [5.74, 6) is 0.188. The summed E-state index contributed by atoms with van der Waals surface area (Å²) < 4.78 is 30.2. The Hall–Kier alpha value is -1.76. The van der Waals surface area contributed by atoms with E-state index in [1.807, 2.05) is 39.0 Å². The predicted molar refractivity (Wildman–Crippen MR) is 87.9 cm³/mol. The molecule has 0 fully saturated rings. The molecule has 7 heteroatoms. The van der Waals surface area contributed by atoms with Gasteiger partial charge in [0.15, 0.2) is 0 Å². The first-order chi connectivity index (χ1) is 10.2. The Kier molecular flexibility index (Phi) is 6.22. The van der Waals surface area contributed by atoms with Crippen LogP contribution in [0.25, 0.3) is 0 Å². The maximum Gasteiger partial charge on any atom is 0.406 e. The van der Waals surface area contributed by atoms with Crippen molar-refractivity contribution >= 4 is 21.8 Å². The molecule has 0 saturated carbocycles. The second kappa shape index (κ2) is 7.49. The number of nitrogens with one attached hydrogen (secondary N) is 1. The molecule has 0 bridgehead atoms. The van der Waals surface area contributed by atoms with Crippen LogP contribution in [0.2, 0.25) is 0 Å². The number of rotatable bonds is 6. The molecule has 1 aromatic carbocycles. The lowest BCUT2D eigenvalue weighted by Crippen LogP contribution is -2.39. The molecule has 0 spiro atoms. The van der Waals surface area contributed by atoms with Crippen LogP contribution in [0.5, 0.6) is 0 Å². The van der Waals surface area contributed by atoms with Crippen molar-refractivity contribution < 1.29 is 17.9 Å². The van der Waals surface area contributed by atoms with Gasteiger partial charge in [-0.15, -0.1) is 0 Å². The highest BCUT2D eigenvalue weighted by Crippen LogP contribution is 2.32. The number of methoxy groups -OCH3 is 1. The highest BCUT2D eigenvalue weighted by Gasteiger charge is 2.23. The Labute approximate surface area is 132 Å². The van der Waals surface area contributed by atoms with E-state index in [0.29, 0.717) is 5.69 Å². The molecular formula is C15H24N2O4S. The van der Waals surface area contributed by atoms with Gasteiger partial charge in [-0.3, -0.25) is 4.31 Å². The lowest BCUT2D eigenvalue weighted by molar-refractivity contribution is 0.171. The van der Waals surface area contributed by atoms with E-state index in [0.717, 1.165) is 11.1 Å². The topological polar surface area (TPSA) is 75.7 Å². The molecule has 0 unspecified atom stereocenters. The van der Waals surface area contributed by atoms with E-state index in [4.69, 9.17) is 0 Å². The van der Waals surface area contributed by atoms with Crippen molar-refractivity contribution in [3.63, 3.8) is 0 Å². The fourth-order valence-electron chi connectivity index (χ4n) is 2.26. The zero-order valence-electron chi connectivity index (χ0n) is 13.7. The minimum Gasteiger partial charge on any atom is -0.453 e. The summed E-state index contributed by atoms with van der Waals surface area (Å²) in [6.07, 6.45) is 0.587. The van der Waals surface area contributed by atoms with Gasteiger partial charge < -0.3 is 10.1 Å². The number of carbonyl (C=O) groups excluding carboxylic acids is 1. The number of ether oxygens (including phenoxy) is 1. The van der Waals surface area contributed by atoms with Gasteiger partial charge in [0, 0.05) is 6.54 Å². The fourth-order valence-corrected chi connectivity index (χ4v) is 3.27. The van der Waals surface area contributed by atoms with Crippen LogP contribution in [0.15, 0.2) is 18.2 Å². The standard InChI is InChI=1S/C15H24N2O4S/c1-11(2)13-8-6-7-12(3)14(13)17(22(5,19)20)10-9-16-15(18)21-4/h6-8,11H,9-10H2,1-5H3,(H,16,18). The predicted octanol–water partition coefficient (Wildman–Crippen LogP) is 2.24. The van der Waals surface area contributed by atoms with Crippen molar-refractivity contribution in [2.24, 2.45) is 0 Å². The van der Waals surface area contributed by atoms with Crippen LogP contribution in [-0.2, 0) is 14.8 Å². The third-order valence-corrected chi connectivity index (χ3v) is 4.48. The van der Waals surface area contributed by atoms with Crippen LogP contribution < -0.4 is 9.62 Å². The Morgan fingerprint density at radius 3 is 2.50 bits per heavy atom. The average Bonchev–Trinajstić information content (AvgIpc) is 2.42. The molecule has 0 aromatic heterocycles. The molecule has 0 saturated heterocycles. The highest BCUT2D eigenvalue weighted by molar-refractivity contribution is 7.92. The summed E-state index contributed by atoms with van der Waals surface area (Å²) in [5.41, 5.74) is 2.53. The molecule has 0 radical (unpaired) electrons. The van der Waals surface area contributed by atoms with Crippen molar-refractivity contribution in [3.05, 3.63) is 29.3 Å². The van der Waals surface area contributed by atoms with E-state index in [1.54, 1.807) is 0 Å². The SMILES string of the molecule is COC(=O)NCCN(c1c(C)cccc1C(C)C)S(C)(=O)=O. The van der Waals surface area contributed by atoms with Crippen LogP contribution in [0.1, 0.15) is 30.9 Å². The number of alkyl carbamates (subject to hydrolysis) is 1. The minimum absolute atomic E-state index is 0.151. The fraction of sp³-hybridized carbons (Fsp3) is 0.533. The highest BCUT2D eigenvalue weighted by atomic mass is 32.2. The van der Waals surface area contributed by atoms with Crippen molar-refractivity contribution in [2.75, 3.05) is 30.8 Å². The van der Waals surface area contributed by atoms with Crippen LogP contribution >= 0.6 is 0 Å². The Balaban J connectivity index is 3.16. The number of hydrogen-bond donors (Lipinski definition) is 1. The van der Waals surface area contributed by atoms with Gasteiger partial charge in [-0.25, -0.2) is 13.2 Å². The van der Waals surface area contributed by atoms with E-state index in [1.165, 1.54) is 17.7 Å². The van der Waals surface area contributed by atoms with Gasteiger partial charge in [-0.05, 0) is 24.0 Å². The molecular weight excluding hydrogens is 304 g/mol. The van der Waals surface area contributed by atoms with Crippen molar-refractivity contribution in [1.82, 2.24) is 5.32 Å². The van der Waals surface area contributed by atoms with Gasteiger partial charge in [0.05, 0.1) is 25.6 Å². The Morgan fingerprint density at radius 1 is 1.36 bits per heavy atom. The van der Waals surface area contributed by atoms with E-state index in [2.05, 4.69) is 10.1 Å². The van der Waals surface area contributed by atoms with E-state index in [9.17, 15) is 13.2 Å². The normalized spacial score (nSPS) is 11.4. The number of amides is 1. The molecule has 6 nitrogen and oxygen atoms in total. The van der Waals surface area contributed by atoms with E-state index < -0.39 is 16.1 Å². The second-order valence-electron chi connectivity index (χ2n) is 5.42. The van der Waals surface area contributed by atoms with Gasteiger partial charge in [-0.2, -0.15) is 0 Å². The van der Waals surface area contributed by atoms with Gasteiger partial charge in [-0.1, -0.05) is 32.0 Å². The molecule has 1 amide bonds. The third-order valence-electron chi connectivity index (χ3n) is 3.31. The van der Waals surface area contributed by atoms with Crippen molar-refractivity contribution in [1.29, 1.82) is 0 Å². The van der Waals surface area contributed by atoms with Crippen LogP contribution in [0, 0.1) is 6.92 Å². The maximum absolute atomic E-state index is 12.2. The van der Waals surface area contributed by atoms with E-state index >= 15 is 0 Å². The van der Waals surface area contributed by atoms with Gasteiger partial charge >= 0.3 is 6.09 Å². The molecule has 22 heavy (non-hydrogen) atoms. The van der Waals surface area contributed by atoms with Crippen molar-refractivity contribution in [2.45, 2.75) is 26.7 Å². The number of aryl methyl sites for hydroxylation is 1. The summed E-state index contributed by atoms with van der Waals surface area (Å²) >= 11 is 0. The van der Waals surface area contributed by atoms with Crippen LogP contribution in [0.4, 0.5) is 10.5 Å². The lowest BCUT2D eigenvalue weighted by atomic mass is 9.98. The summed E-state index contributed by atoms with van der Waals surface area (Å²) in [5, 5.41) is 2.51. The first-order valence-corrected chi connectivity index (χ1v) is 8.92. The summed E-state index contributed by atoms with van der Waals surface area (Å²) in [6.45, 7) is 6.24. The molecule has 0 aliphatic carbocycles. The van der Waals surface area contributed by atoms with Crippen LogP contribution in [-0.4, -0.2) is 41.0 Å². The van der Waals surface area contributed by atoms with Crippen LogP contribution in [0.3, 0.4) is 0 Å². The number of sulfonamides is 1. The van der Waals surface area contributed by atoms with Gasteiger partial charge in [0.25, 0.3) is 0 Å². The monoisotopic (exact) mass is 328 g/mol. The summed E-state index contributed by atoms with van der Waals surface area (Å²) in [7, 11) is -2.19. The number of carbonyl (C=O) groups is 1. The molecule has 1 aromatic rings. The lowest BCUT2D eigenvalue weighted by Gasteiger charge is -2.28. The number of nitrogens with zero attached hydrogens (tertiary/aromatic N) is 1. The second-order valence-corrected chi connectivity index (χ2v) is 7.33. The smallest absolute Gasteiger partial charge is 0.406 e. The first-order valence-electron chi connectivity index (χ1n) is 7.07. The number of anilines is 1. The molecule has 124 valence electrons. The summed E-state index contributed by atoms with van der Waals surface area (Å²) in [6, 6.07) is 5.73. The molecule has 0 aliphatic heterocycles. The number of benzene rings is 1. The molecule has 0 aliphatic rings. The maximum atomic E-state index is 12.2. The average molecular weight is 328 g/mol. The zero-order chi connectivity index (χ0) is 16.9. The molecule has 1 N–H and O–H groups in total. The number of hydrogen-bond acceptors (Lipinski definition) is 4. The van der Waals surface area contributed by atoms with Gasteiger partial charge in [0.2, 0.25) is 10.0 Å². The molecule has 0 heterocycles. The van der Waals surface area contributed by atoms with Crippen molar-refractivity contribution in [3.8, 4) is 0 Å². The first kappa shape index (κ1) is 18.3. The Bertz CT molecular complexity index is 626. The quantitative estimate of drug-likeness (QED) is 0.869. The van der Waals surface area contributed by atoms with Gasteiger partial charge in [0.1, 0.15) is 0 Å². The summed E-state index contributed by atoms with van der Waals surface area (Å²) in [4.78, 5) is 11.1.